The van der Waals surface area contributed by atoms with Crippen LogP contribution < -0.4 is 24.8 Å². The zero-order chi connectivity index (χ0) is 29.9. The van der Waals surface area contributed by atoms with Crippen LogP contribution in [0, 0.1) is 0 Å². The number of methoxy groups -OCH3 is 2. The van der Waals surface area contributed by atoms with Crippen molar-refractivity contribution in [1.82, 2.24) is 14.3 Å². The third-order valence-electron chi connectivity index (χ3n) is 7.70. The van der Waals surface area contributed by atoms with Gasteiger partial charge in [0.1, 0.15) is 27.3 Å². The first kappa shape index (κ1) is 28.8. The Morgan fingerprint density at radius 2 is 1.53 bits per heavy atom. The molecular formula is C32H31N5O4S2. The van der Waals surface area contributed by atoms with Crippen LogP contribution in [0.25, 0.3) is 11.7 Å². The monoisotopic (exact) mass is 613 g/mol. The molecule has 0 bridgehead atoms. The fraction of sp³-hybridized carbons (Fsp3) is 0.250. The highest BCUT2D eigenvalue weighted by Crippen LogP contribution is 2.34. The number of rotatable bonds is 8. The molecule has 9 nitrogen and oxygen atoms in total. The molecule has 6 rings (SSSR count). The van der Waals surface area contributed by atoms with E-state index in [1.165, 1.54) is 16.2 Å². The molecule has 0 radical (unpaired) electrons. The number of thiocarbonyl (C=S) groups is 1. The molecule has 0 aliphatic carbocycles. The van der Waals surface area contributed by atoms with Crippen LogP contribution in [0.5, 0.6) is 11.5 Å². The van der Waals surface area contributed by atoms with E-state index in [1.54, 1.807) is 37.5 Å². The number of anilines is 2. The van der Waals surface area contributed by atoms with Gasteiger partial charge in [0.2, 0.25) is 0 Å². The van der Waals surface area contributed by atoms with E-state index in [2.05, 4.69) is 21.9 Å². The molecule has 220 valence electrons. The Morgan fingerprint density at radius 1 is 0.884 bits per heavy atom. The number of benzene rings is 2. The first-order valence-corrected chi connectivity index (χ1v) is 15.2. The standard InChI is InChI=1S/C32H31N5O4S2/c1-40-24-10-6-22(7-11-24)14-16-37-31(39)27(43-32(37)42)21-26-29(33-28-5-3-4-15-36(28)30(26)38)35-19-17-34(18-20-35)23-8-12-25(41-2)13-9-23/h3-13,15,21H,14,16-20H2,1-2H3. The Morgan fingerprint density at radius 3 is 2.21 bits per heavy atom. The lowest BCUT2D eigenvalue weighted by molar-refractivity contribution is -0.122. The zero-order valence-electron chi connectivity index (χ0n) is 23.9. The van der Waals surface area contributed by atoms with Crippen molar-refractivity contribution >= 4 is 57.4 Å². The van der Waals surface area contributed by atoms with E-state index in [0.29, 0.717) is 52.3 Å². The fourth-order valence-electron chi connectivity index (χ4n) is 5.28. The largest absolute Gasteiger partial charge is 0.497 e. The molecule has 2 aliphatic rings. The van der Waals surface area contributed by atoms with Crippen LogP contribution in [0.1, 0.15) is 11.1 Å². The predicted molar refractivity (Wildman–Crippen MR) is 175 cm³/mol. The number of hydrogen-bond donors (Lipinski definition) is 0. The van der Waals surface area contributed by atoms with Gasteiger partial charge >= 0.3 is 0 Å². The molecule has 0 N–H and O–H groups in total. The molecule has 43 heavy (non-hydrogen) atoms. The summed E-state index contributed by atoms with van der Waals surface area (Å²) in [5.74, 6) is 1.98. The molecule has 0 spiro atoms. The number of fused-ring (bicyclic) bond motifs is 1. The van der Waals surface area contributed by atoms with E-state index < -0.39 is 0 Å². The van der Waals surface area contributed by atoms with E-state index >= 15 is 0 Å². The van der Waals surface area contributed by atoms with Gasteiger partial charge in [0.15, 0.2) is 0 Å². The lowest BCUT2D eigenvalue weighted by Gasteiger charge is -2.37. The number of hydrogen-bond acceptors (Lipinski definition) is 9. The molecule has 2 aliphatic heterocycles. The second-order valence-electron chi connectivity index (χ2n) is 10.2. The number of amides is 1. The topological polar surface area (TPSA) is 79.6 Å². The second-order valence-corrected chi connectivity index (χ2v) is 11.9. The summed E-state index contributed by atoms with van der Waals surface area (Å²) in [4.78, 5) is 38.7. The zero-order valence-corrected chi connectivity index (χ0v) is 25.6. The normalized spacial score (nSPS) is 16.4. The van der Waals surface area contributed by atoms with Crippen LogP contribution in [0.4, 0.5) is 11.5 Å². The van der Waals surface area contributed by atoms with Crippen LogP contribution >= 0.6 is 24.0 Å². The Bertz CT molecular complexity index is 1750. The Labute approximate surface area is 259 Å². The van der Waals surface area contributed by atoms with Crippen LogP contribution in [-0.2, 0) is 11.2 Å². The summed E-state index contributed by atoms with van der Waals surface area (Å²) >= 11 is 6.82. The van der Waals surface area contributed by atoms with Crippen molar-refractivity contribution in [3.63, 3.8) is 0 Å². The lowest BCUT2D eigenvalue weighted by atomic mass is 10.1. The summed E-state index contributed by atoms with van der Waals surface area (Å²) in [5.41, 5.74) is 2.92. The molecule has 11 heteroatoms. The molecule has 0 unspecified atom stereocenters. The van der Waals surface area contributed by atoms with Gasteiger partial charge in [-0.3, -0.25) is 18.9 Å². The van der Waals surface area contributed by atoms with Crippen molar-refractivity contribution in [3.8, 4) is 11.5 Å². The Balaban J connectivity index is 1.25. The Kier molecular flexibility index (Phi) is 8.35. The van der Waals surface area contributed by atoms with E-state index in [0.717, 1.165) is 35.8 Å². The highest BCUT2D eigenvalue weighted by molar-refractivity contribution is 8.26. The maximum absolute atomic E-state index is 13.8. The fourth-order valence-corrected chi connectivity index (χ4v) is 6.58. The van der Waals surface area contributed by atoms with E-state index in [-0.39, 0.29) is 11.5 Å². The third kappa shape index (κ3) is 5.95. The highest BCUT2D eigenvalue weighted by Gasteiger charge is 2.33. The minimum Gasteiger partial charge on any atom is -0.497 e. The van der Waals surface area contributed by atoms with Gasteiger partial charge in [-0.15, -0.1) is 0 Å². The number of ether oxygens (including phenoxy) is 2. The molecule has 2 aromatic carbocycles. The van der Waals surface area contributed by atoms with Crippen molar-refractivity contribution in [3.05, 3.63) is 99.3 Å². The van der Waals surface area contributed by atoms with Crippen LogP contribution in [0.2, 0.25) is 0 Å². The number of pyridine rings is 1. The predicted octanol–water partition coefficient (Wildman–Crippen LogP) is 4.48. The maximum Gasteiger partial charge on any atom is 0.267 e. The first-order chi connectivity index (χ1) is 20.9. The highest BCUT2D eigenvalue weighted by atomic mass is 32.2. The van der Waals surface area contributed by atoms with Gasteiger partial charge in [0.25, 0.3) is 11.5 Å². The van der Waals surface area contributed by atoms with E-state index in [1.807, 2.05) is 48.5 Å². The summed E-state index contributed by atoms with van der Waals surface area (Å²) in [6.45, 7) is 3.31. The van der Waals surface area contributed by atoms with E-state index in [9.17, 15) is 9.59 Å². The molecule has 2 aromatic heterocycles. The van der Waals surface area contributed by atoms with Gasteiger partial charge in [-0.25, -0.2) is 4.98 Å². The number of carbonyl (C=O) groups is 1. The average molecular weight is 614 g/mol. The van der Waals surface area contributed by atoms with Crippen LogP contribution in [0.15, 0.2) is 82.6 Å². The van der Waals surface area contributed by atoms with Gasteiger partial charge in [-0.05, 0) is 66.6 Å². The summed E-state index contributed by atoms with van der Waals surface area (Å²) in [5, 5.41) is 0. The second kappa shape index (κ2) is 12.5. The van der Waals surface area contributed by atoms with Crippen LogP contribution in [0.3, 0.4) is 0 Å². The summed E-state index contributed by atoms with van der Waals surface area (Å²) < 4.78 is 12.5. The van der Waals surface area contributed by atoms with Crippen molar-refractivity contribution in [2.24, 2.45) is 0 Å². The number of thioether (sulfide) groups is 1. The van der Waals surface area contributed by atoms with Gasteiger partial charge in [0.05, 0.1) is 24.7 Å². The minimum atomic E-state index is -0.221. The van der Waals surface area contributed by atoms with Gasteiger partial charge in [0, 0.05) is 44.6 Å². The average Bonchev–Trinajstić information content (AvgIpc) is 3.32. The van der Waals surface area contributed by atoms with Gasteiger partial charge in [-0.1, -0.05) is 42.2 Å². The molecule has 0 atom stereocenters. The number of piperazine rings is 1. The van der Waals surface area contributed by atoms with Crippen molar-refractivity contribution in [2.75, 3.05) is 56.7 Å². The van der Waals surface area contributed by atoms with Crippen LogP contribution in [-0.4, -0.2) is 71.5 Å². The van der Waals surface area contributed by atoms with Crippen molar-refractivity contribution in [2.45, 2.75) is 6.42 Å². The molecule has 1 amide bonds. The number of carbonyl (C=O) groups excluding carboxylic acids is 1. The lowest BCUT2D eigenvalue weighted by Crippen LogP contribution is -2.47. The maximum atomic E-state index is 13.8. The minimum absolute atomic E-state index is 0.198. The molecule has 4 heterocycles. The van der Waals surface area contributed by atoms with Crippen molar-refractivity contribution < 1.29 is 14.3 Å². The van der Waals surface area contributed by atoms with Gasteiger partial charge < -0.3 is 19.3 Å². The summed E-state index contributed by atoms with van der Waals surface area (Å²) in [6, 6.07) is 21.3. The SMILES string of the molecule is COc1ccc(CCN2C(=O)C(=Cc3c(N4CCN(c5ccc(OC)cc5)CC4)nc4ccccn4c3=O)SC2=S)cc1. The molecule has 4 aromatic rings. The molecule has 0 saturated carbocycles. The van der Waals surface area contributed by atoms with Crippen molar-refractivity contribution in [1.29, 1.82) is 0 Å². The molecule has 2 fully saturated rings. The number of nitrogens with zero attached hydrogens (tertiary/aromatic N) is 5. The number of aromatic nitrogens is 2. The first-order valence-electron chi connectivity index (χ1n) is 14.0. The molecule has 2 saturated heterocycles. The third-order valence-corrected chi connectivity index (χ3v) is 9.08. The van der Waals surface area contributed by atoms with Gasteiger partial charge in [-0.2, -0.15) is 0 Å². The smallest absolute Gasteiger partial charge is 0.267 e. The summed E-state index contributed by atoms with van der Waals surface area (Å²) in [6.07, 6.45) is 4.02. The Hall–Kier alpha value is -4.35. The summed E-state index contributed by atoms with van der Waals surface area (Å²) in [7, 11) is 3.29. The van der Waals surface area contributed by atoms with E-state index in [4.69, 9.17) is 26.7 Å². The molecular weight excluding hydrogens is 583 g/mol. The quantitative estimate of drug-likeness (QED) is 0.211.